The number of nitrogens with one attached hydrogen (secondary N) is 1. The van der Waals surface area contributed by atoms with Crippen LogP contribution in [0.15, 0.2) is 46.0 Å². The van der Waals surface area contributed by atoms with Gasteiger partial charge in [-0.2, -0.15) is 14.9 Å². The summed E-state index contributed by atoms with van der Waals surface area (Å²) in [5.41, 5.74) is 1.53. The second-order valence-corrected chi connectivity index (χ2v) is 6.66. The molecular formula is C18H17BrN4O3S. The van der Waals surface area contributed by atoms with Crippen molar-refractivity contribution >= 4 is 34.4 Å². The third-order valence-electron chi connectivity index (χ3n) is 3.65. The van der Waals surface area contributed by atoms with Crippen molar-refractivity contribution in [3.63, 3.8) is 0 Å². The number of H-pyrrole nitrogens is 1. The topological polar surface area (TPSA) is 84.7 Å². The van der Waals surface area contributed by atoms with Crippen molar-refractivity contribution < 1.29 is 14.6 Å². The van der Waals surface area contributed by atoms with Crippen molar-refractivity contribution in [2.24, 2.45) is 5.10 Å². The number of hydrogen-bond acceptors (Lipinski definition) is 6. The predicted octanol–water partition coefficient (Wildman–Crippen LogP) is 4.37. The van der Waals surface area contributed by atoms with E-state index in [4.69, 9.17) is 21.7 Å². The number of nitrogens with zero attached hydrogens (tertiary/aromatic N) is 3. The van der Waals surface area contributed by atoms with Gasteiger partial charge < -0.3 is 14.6 Å². The molecule has 0 aliphatic rings. The first kappa shape index (κ1) is 19.1. The molecule has 0 saturated heterocycles. The summed E-state index contributed by atoms with van der Waals surface area (Å²) < 4.78 is 13.1. The molecule has 2 N–H and O–H groups in total. The fourth-order valence-corrected chi connectivity index (χ4v) is 3.06. The van der Waals surface area contributed by atoms with Gasteiger partial charge in [-0.3, -0.25) is 0 Å². The minimum atomic E-state index is 0.0306. The SMILES string of the molecule is CCOc1cccc(-c2n[nH]c(=S)n2N=Cc2cc(Br)c(O)c(OC)c2)c1. The molecule has 0 bridgehead atoms. The Morgan fingerprint density at radius 1 is 1.37 bits per heavy atom. The van der Waals surface area contributed by atoms with E-state index in [1.54, 1.807) is 18.3 Å². The van der Waals surface area contributed by atoms with Crippen LogP contribution in [0.3, 0.4) is 0 Å². The average molecular weight is 449 g/mol. The molecule has 0 unspecified atom stereocenters. The van der Waals surface area contributed by atoms with E-state index in [0.29, 0.717) is 33.0 Å². The van der Waals surface area contributed by atoms with Crippen LogP contribution in [-0.2, 0) is 0 Å². The van der Waals surface area contributed by atoms with Crippen LogP contribution in [-0.4, -0.2) is 39.9 Å². The normalized spacial score (nSPS) is 11.1. The molecule has 0 atom stereocenters. The van der Waals surface area contributed by atoms with E-state index in [1.165, 1.54) is 11.8 Å². The summed E-state index contributed by atoms with van der Waals surface area (Å²) in [7, 11) is 1.48. The molecule has 27 heavy (non-hydrogen) atoms. The smallest absolute Gasteiger partial charge is 0.216 e. The van der Waals surface area contributed by atoms with Crippen LogP contribution in [0, 0.1) is 4.77 Å². The van der Waals surface area contributed by atoms with Crippen molar-refractivity contribution in [2.75, 3.05) is 13.7 Å². The van der Waals surface area contributed by atoms with Crippen molar-refractivity contribution in [1.29, 1.82) is 0 Å². The molecule has 140 valence electrons. The van der Waals surface area contributed by atoms with Crippen molar-refractivity contribution in [3.8, 4) is 28.6 Å². The molecule has 0 amide bonds. The monoisotopic (exact) mass is 448 g/mol. The van der Waals surface area contributed by atoms with Gasteiger partial charge in [-0.25, -0.2) is 5.10 Å². The van der Waals surface area contributed by atoms with E-state index in [1.807, 2.05) is 31.2 Å². The van der Waals surface area contributed by atoms with Crippen LogP contribution in [0.4, 0.5) is 0 Å². The van der Waals surface area contributed by atoms with Crippen LogP contribution in [0.25, 0.3) is 11.4 Å². The maximum Gasteiger partial charge on any atom is 0.216 e. The summed E-state index contributed by atoms with van der Waals surface area (Å²) in [6.45, 7) is 2.50. The van der Waals surface area contributed by atoms with Gasteiger partial charge in [0.05, 0.1) is 24.4 Å². The maximum atomic E-state index is 9.92. The molecule has 3 aromatic rings. The number of hydrogen-bond donors (Lipinski definition) is 2. The third-order valence-corrected chi connectivity index (χ3v) is 4.52. The Hall–Kier alpha value is -2.65. The molecule has 0 saturated carbocycles. The lowest BCUT2D eigenvalue weighted by Crippen LogP contribution is -1.97. The Balaban J connectivity index is 1.99. The lowest BCUT2D eigenvalue weighted by Gasteiger charge is -2.07. The molecule has 0 aliphatic carbocycles. The number of methoxy groups -OCH3 is 1. The highest BCUT2D eigenvalue weighted by atomic mass is 79.9. The van der Waals surface area contributed by atoms with E-state index in [-0.39, 0.29) is 5.75 Å². The van der Waals surface area contributed by atoms with Crippen LogP contribution >= 0.6 is 28.1 Å². The summed E-state index contributed by atoms with van der Waals surface area (Å²) in [6.07, 6.45) is 1.61. The summed E-state index contributed by atoms with van der Waals surface area (Å²) >= 11 is 8.59. The minimum absolute atomic E-state index is 0.0306. The van der Waals surface area contributed by atoms with Crippen LogP contribution in [0.2, 0.25) is 0 Å². The number of aromatic hydroxyl groups is 1. The molecule has 2 aromatic carbocycles. The van der Waals surface area contributed by atoms with Gasteiger partial charge in [-0.1, -0.05) is 12.1 Å². The van der Waals surface area contributed by atoms with Gasteiger partial charge in [0, 0.05) is 5.56 Å². The quantitative estimate of drug-likeness (QED) is 0.432. The largest absolute Gasteiger partial charge is 0.503 e. The van der Waals surface area contributed by atoms with E-state index in [9.17, 15) is 5.11 Å². The third kappa shape index (κ3) is 4.20. The van der Waals surface area contributed by atoms with E-state index >= 15 is 0 Å². The number of halogens is 1. The van der Waals surface area contributed by atoms with Crippen LogP contribution in [0.5, 0.6) is 17.2 Å². The highest BCUT2D eigenvalue weighted by molar-refractivity contribution is 9.10. The zero-order valence-electron chi connectivity index (χ0n) is 14.6. The molecule has 0 spiro atoms. The first-order chi connectivity index (χ1) is 13.0. The number of phenols is 1. The molecule has 0 aliphatic heterocycles. The number of benzene rings is 2. The van der Waals surface area contributed by atoms with Gasteiger partial charge in [0.2, 0.25) is 4.77 Å². The molecule has 0 fully saturated rings. The van der Waals surface area contributed by atoms with Gasteiger partial charge in [-0.05, 0) is 64.9 Å². The highest BCUT2D eigenvalue weighted by Crippen LogP contribution is 2.34. The highest BCUT2D eigenvalue weighted by Gasteiger charge is 2.10. The van der Waals surface area contributed by atoms with E-state index in [2.05, 4.69) is 31.2 Å². The molecule has 1 aromatic heterocycles. The number of rotatable bonds is 6. The summed E-state index contributed by atoms with van der Waals surface area (Å²) in [5, 5.41) is 21.4. The Labute approximate surface area is 169 Å². The summed E-state index contributed by atoms with van der Waals surface area (Å²) in [5.74, 6) is 1.67. The number of phenolic OH excluding ortho intramolecular Hbond substituents is 1. The molecule has 9 heteroatoms. The second-order valence-electron chi connectivity index (χ2n) is 5.42. The predicted molar refractivity (Wildman–Crippen MR) is 109 cm³/mol. The first-order valence-corrected chi connectivity index (χ1v) is 9.25. The zero-order valence-corrected chi connectivity index (χ0v) is 17.0. The average Bonchev–Trinajstić information content (AvgIpc) is 3.03. The second kappa shape index (κ2) is 8.36. The van der Waals surface area contributed by atoms with E-state index < -0.39 is 0 Å². The van der Waals surface area contributed by atoms with E-state index in [0.717, 1.165) is 11.3 Å². The van der Waals surface area contributed by atoms with Gasteiger partial charge in [0.1, 0.15) is 5.75 Å². The number of ether oxygens (including phenoxy) is 2. The molecule has 0 radical (unpaired) electrons. The Morgan fingerprint density at radius 2 is 2.19 bits per heavy atom. The minimum Gasteiger partial charge on any atom is -0.503 e. The Bertz CT molecular complexity index is 1050. The fourth-order valence-electron chi connectivity index (χ4n) is 2.43. The maximum absolute atomic E-state index is 9.92. The Morgan fingerprint density at radius 3 is 2.93 bits per heavy atom. The Kier molecular flexibility index (Phi) is 5.92. The van der Waals surface area contributed by atoms with Crippen molar-refractivity contribution in [3.05, 3.63) is 51.2 Å². The first-order valence-electron chi connectivity index (χ1n) is 8.05. The van der Waals surface area contributed by atoms with Crippen molar-refractivity contribution in [1.82, 2.24) is 14.9 Å². The van der Waals surface area contributed by atoms with Gasteiger partial charge in [0.15, 0.2) is 17.3 Å². The van der Waals surface area contributed by atoms with Gasteiger partial charge >= 0.3 is 0 Å². The fraction of sp³-hybridized carbons (Fsp3) is 0.167. The van der Waals surface area contributed by atoms with Crippen LogP contribution in [0.1, 0.15) is 12.5 Å². The number of aromatic nitrogens is 3. The standard InChI is InChI=1S/C18H17BrN4O3S/c1-3-26-13-6-4-5-12(9-13)17-21-22-18(27)23(17)20-10-11-7-14(19)16(24)15(8-11)25-2/h4-10,24H,3H2,1-2H3,(H,22,27). The zero-order chi connectivity index (χ0) is 19.4. The molecule has 3 rings (SSSR count). The van der Waals surface area contributed by atoms with Crippen LogP contribution < -0.4 is 9.47 Å². The van der Waals surface area contributed by atoms with Crippen molar-refractivity contribution in [2.45, 2.75) is 6.92 Å². The van der Waals surface area contributed by atoms with Gasteiger partial charge in [0.25, 0.3) is 0 Å². The van der Waals surface area contributed by atoms with Gasteiger partial charge in [-0.15, -0.1) is 0 Å². The lowest BCUT2D eigenvalue weighted by molar-refractivity contribution is 0.340. The number of aromatic amines is 1. The summed E-state index contributed by atoms with van der Waals surface area (Å²) in [4.78, 5) is 0. The molecule has 7 nitrogen and oxygen atoms in total. The lowest BCUT2D eigenvalue weighted by atomic mass is 10.2. The molecule has 1 heterocycles. The molecular weight excluding hydrogens is 432 g/mol. The summed E-state index contributed by atoms with van der Waals surface area (Å²) in [6, 6.07) is 10.9.